The predicted molar refractivity (Wildman–Crippen MR) is 71.1 cm³/mol. The lowest BCUT2D eigenvalue weighted by molar-refractivity contribution is 0.626. The Hall–Kier alpha value is -1.55. The van der Waals surface area contributed by atoms with Crippen molar-refractivity contribution in [1.29, 1.82) is 0 Å². The molecule has 1 aromatic carbocycles. The minimum Gasteiger partial charge on any atom is -0.397 e. The van der Waals surface area contributed by atoms with Gasteiger partial charge in [-0.3, -0.25) is 4.98 Å². The lowest BCUT2D eigenvalue weighted by atomic mass is 10.2. The van der Waals surface area contributed by atoms with E-state index in [2.05, 4.69) is 4.98 Å². The number of rotatable bonds is 3. The van der Waals surface area contributed by atoms with Crippen molar-refractivity contribution in [3.05, 3.63) is 48.0 Å². The lowest BCUT2D eigenvalue weighted by Crippen LogP contribution is -1.94. The minimum atomic E-state index is -0.215. The number of anilines is 1. The van der Waals surface area contributed by atoms with Crippen molar-refractivity contribution in [2.24, 2.45) is 0 Å². The first kappa shape index (κ1) is 11.5. The highest BCUT2D eigenvalue weighted by molar-refractivity contribution is 7.99. The summed E-state index contributed by atoms with van der Waals surface area (Å²) in [5.74, 6) is 0.362. The molecule has 2 nitrogen and oxygen atoms in total. The summed E-state index contributed by atoms with van der Waals surface area (Å²) >= 11 is 1.60. The summed E-state index contributed by atoms with van der Waals surface area (Å²) < 4.78 is 12.9. The van der Waals surface area contributed by atoms with Crippen LogP contribution >= 0.6 is 11.8 Å². The van der Waals surface area contributed by atoms with Gasteiger partial charge in [0, 0.05) is 15.7 Å². The number of nitrogen functional groups attached to an aromatic ring is 1. The second-order valence-electron chi connectivity index (χ2n) is 4.48. The Balaban J connectivity index is 1.91. The second kappa shape index (κ2) is 4.61. The van der Waals surface area contributed by atoms with Crippen molar-refractivity contribution in [2.45, 2.75) is 28.6 Å². The van der Waals surface area contributed by atoms with Gasteiger partial charge < -0.3 is 5.73 Å². The Morgan fingerprint density at radius 3 is 2.61 bits per heavy atom. The van der Waals surface area contributed by atoms with Crippen LogP contribution in [0.3, 0.4) is 0 Å². The summed E-state index contributed by atoms with van der Waals surface area (Å²) in [6.45, 7) is 0. The summed E-state index contributed by atoms with van der Waals surface area (Å²) in [5.41, 5.74) is 7.58. The van der Waals surface area contributed by atoms with Gasteiger partial charge in [0.05, 0.1) is 17.6 Å². The summed E-state index contributed by atoms with van der Waals surface area (Å²) in [5, 5.41) is 0. The molecule has 0 unspecified atom stereocenters. The van der Waals surface area contributed by atoms with Gasteiger partial charge in [0.1, 0.15) is 5.82 Å². The third-order valence-electron chi connectivity index (χ3n) is 2.91. The minimum absolute atomic E-state index is 0.215. The van der Waals surface area contributed by atoms with E-state index in [9.17, 15) is 4.39 Å². The Bertz CT molecular complexity index is 565. The fourth-order valence-electron chi connectivity index (χ4n) is 1.84. The largest absolute Gasteiger partial charge is 0.397 e. The summed E-state index contributed by atoms with van der Waals surface area (Å²) in [7, 11) is 0. The van der Waals surface area contributed by atoms with Crippen LogP contribution in [-0.4, -0.2) is 4.98 Å². The zero-order chi connectivity index (χ0) is 12.5. The van der Waals surface area contributed by atoms with E-state index in [1.165, 1.54) is 25.0 Å². The molecule has 2 N–H and O–H groups in total. The van der Waals surface area contributed by atoms with Gasteiger partial charge in [0.15, 0.2) is 0 Å². The highest BCUT2D eigenvalue weighted by Gasteiger charge is 2.27. The van der Waals surface area contributed by atoms with Crippen LogP contribution in [0.5, 0.6) is 0 Å². The molecule has 0 amide bonds. The number of nitrogens with zero attached hydrogens (tertiary/aromatic N) is 1. The van der Waals surface area contributed by atoms with Crippen molar-refractivity contribution in [2.75, 3.05) is 5.73 Å². The average molecular weight is 260 g/mol. The van der Waals surface area contributed by atoms with Gasteiger partial charge in [0.2, 0.25) is 0 Å². The van der Waals surface area contributed by atoms with Crippen LogP contribution in [-0.2, 0) is 0 Å². The highest BCUT2D eigenvalue weighted by atomic mass is 32.2. The van der Waals surface area contributed by atoms with Gasteiger partial charge in [-0.1, -0.05) is 11.8 Å². The number of pyridine rings is 1. The monoisotopic (exact) mass is 260 g/mol. The molecule has 0 spiro atoms. The van der Waals surface area contributed by atoms with Crippen molar-refractivity contribution in [3.8, 4) is 0 Å². The van der Waals surface area contributed by atoms with Crippen molar-refractivity contribution in [3.63, 3.8) is 0 Å². The van der Waals surface area contributed by atoms with Gasteiger partial charge in [-0.05, 0) is 43.2 Å². The average Bonchev–Trinajstić information content (AvgIpc) is 3.17. The zero-order valence-electron chi connectivity index (χ0n) is 9.77. The topological polar surface area (TPSA) is 38.9 Å². The summed E-state index contributed by atoms with van der Waals surface area (Å²) in [6, 6.07) is 8.45. The van der Waals surface area contributed by atoms with Crippen LogP contribution in [0.25, 0.3) is 0 Å². The number of aromatic nitrogens is 1. The molecule has 0 atom stereocenters. The number of hydrogen-bond acceptors (Lipinski definition) is 3. The van der Waals surface area contributed by atoms with E-state index in [4.69, 9.17) is 5.73 Å². The molecule has 1 heterocycles. The van der Waals surface area contributed by atoms with Gasteiger partial charge in [-0.2, -0.15) is 0 Å². The Morgan fingerprint density at radius 2 is 1.94 bits per heavy atom. The fraction of sp³-hybridized carbons (Fsp3) is 0.214. The molecule has 1 aromatic heterocycles. The van der Waals surface area contributed by atoms with Crippen LogP contribution < -0.4 is 5.73 Å². The van der Waals surface area contributed by atoms with Crippen molar-refractivity contribution in [1.82, 2.24) is 4.98 Å². The number of halogens is 1. The fourth-order valence-corrected chi connectivity index (χ4v) is 2.89. The molecule has 2 aromatic rings. The molecule has 18 heavy (non-hydrogen) atoms. The molecule has 3 rings (SSSR count). The van der Waals surface area contributed by atoms with Crippen LogP contribution in [0.2, 0.25) is 0 Å². The maximum Gasteiger partial charge on any atom is 0.123 e. The van der Waals surface area contributed by atoms with Crippen molar-refractivity contribution >= 4 is 17.4 Å². The van der Waals surface area contributed by atoms with E-state index in [0.717, 1.165) is 15.5 Å². The lowest BCUT2D eigenvalue weighted by Gasteiger charge is -2.08. The van der Waals surface area contributed by atoms with Crippen LogP contribution in [0.4, 0.5) is 10.1 Å². The normalized spacial score (nSPS) is 14.7. The molecule has 1 aliphatic rings. The van der Waals surface area contributed by atoms with Crippen LogP contribution in [0.1, 0.15) is 24.5 Å². The van der Waals surface area contributed by atoms with E-state index >= 15 is 0 Å². The van der Waals surface area contributed by atoms with E-state index in [-0.39, 0.29) is 5.82 Å². The smallest absolute Gasteiger partial charge is 0.123 e. The number of benzene rings is 1. The van der Waals surface area contributed by atoms with E-state index in [1.54, 1.807) is 30.1 Å². The molecule has 0 radical (unpaired) electrons. The first-order valence-electron chi connectivity index (χ1n) is 5.91. The van der Waals surface area contributed by atoms with E-state index < -0.39 is 0 Å². The van der Waals surface area contributed by atoms with Gasteiger partial charge in [-0.25, -0.2) is 4.39 Å². The molecule has 1 aliphatic carbocycles. The molecule has 0 aliphatic heterocycles. The molecular weight excluding hydrogens is 247 g/mol. The summed E-state index contributed by atoms with van der Waals surface area (Å²) in [6.07, 6.45) is 4.12. The van der Waals surface area contributed by atoms with Gasteiger partial charge in [0.25, 0.3) is 0 Å². The molecular formula is C14H13FN2S. The maximum atomic E-state index is 12.9. The molecule has 1 fully saturated rings. The molecule has 0 saturated heterocycles. The maximum absolute atomic E-state index is 12.9. The van der Waals surface area contributed by atoms with E-state index in [1.807, 2.05) is 6.07 Å². The first-order chi connectivity index (χ1) is 8.72. The molecule has 92 valence electrons. The third kappa shape index (κ3) is 2.48. The molecule has 4 heteroatoms. The van der Waals surface area contributed by atoms with E-state index in [0.29, 0.717) is 11.6 Å². The van der Waals surface area contributed by atoms with Crippen molar-refractivity contribution < 1.29 is 4.39 Å². The standard InChI is InChI=1S/C14H13FN2S/c15-10-3-5-12(6-4-10)18-13-7-11(16)8-17-14(13)9-1-2-9/h3-9H,1-2,16H2. The number of hydrogen-bond donors (Lipinski definition) is 1. The summed E-state index contributed by atoms with van der Waals surface area (Å²) in [4.78, 5) is 6.53. The first-order valence-corrected chi connectivity index (χ1v) is 6.73. The second-order valence-corrected chi connectivity index (χ2v) is 5.60. The number of nitrogens with two attached hydrogens (primary N) is 1. The Kier molecular flexibility index (Phi) is 2.96. The quantitative estimate of drug-likeness (QED) is 0.911. The van der Waals surface area contributed by atoms with Crippen LogP contribution in [0.15, 0.2) is 46.3 Å². The highest BCUT2D eigenvalue weighted by Crippen LogP contribution is 2.44. The zero-order valence-corrected chi connectivity index (χ0v) is 10.6. The van der Waals surface area contributed by atoms with Gasteiger partial charge >= 0.3 is 0 Å². The SMILES string of the molecule is Nc1cnc(C2CC2)c(Sc2ccc(F)cc2)c1. The van der Waals surface area contributed by atoms with Gasteiger partial charge in [-0.15, -0.1) is 0 Å². The Labute approximate surface area is 109 Å². The third-order valence-corrected chi connectivity index (χ3v) is 3.96. The Morgan fingerprint density at radius 1 is 1.22 bits per heavy atom. The predicted octanol–water partition coefficient (Wildman–Crippen LogP) is 3.83. The molecule has 0 bridgehead atoms. The van der Waals surface area contributed by atoms with Crippen LogP contribution in [0, 0.1) is 5.82 Å². The molecule has 1 saturated carbocycles.